The summed E-state index contributed by atoms with van der Waals surface area (Å²) < 4.78 is 37.1. The number of ketones is 2. The van der Waals surface area contributed by atoms with Crippen molar-refractivity contribution >= 4 is 17.6 Å². The fourth-order valence-electron chi connectivity index (χ4n) is 7.41. The number of Topliss-reactive ketones (excluding diaryl/α,β-unsaturated/α-hetero) is 2. The van der Waals surface area contributed by atoms with Crippen LogP contribution >= 0.6 is 0 Å². The smallest absolute Gasteiger partial charge is 0.184 e. The molecule has 0 amide bonds. The Morgan fingerprint density at radius 2 is 1.15 bits per heavy atom. The number of ether oxygens (including phenoxy) is 5. The number of benzene rings is 5. The van der Waals surface area contributed by atoms with Crippen LogP contribution in [0.25, 0.3) is 17.5 Å². The fraction of sp³-hybridized carbons (Fsp3) is 0.280. The normalized spacial score (nSPS) is 21.9. The molecule has 4 aliphatic rings. The molecule has 3 unspecified atom stereocenters. The lowest BCUT2D eigenvalue weighted by molar-refractivity contribution is -0.317. The van der Waals surface area contributed by atoms with Gasteiger partial charge >= 0.3 is 0 Å². The summed E-state index contributed by atoms with van der Waals surface area (Å²) in [5, 5.41) is 11.2. The third-order valence-electron chi connectivity index (χ3n) is 10.5. The van der Waals surface area contributed by atoms with Gasteiger partial charge in [0.05, 0.1) is 44.9 Å². The number of carbonyl (C=O) groups excluding carboxylic acids is 2. The summed E-state index contributed by atoms with van der Waals surface area (Å²) in [5.41, 5.74) is 4.97. The van der Waals surface area contributed by atoms with Gasteiger partial charge in [-0.15, -0.1) is 0 Å². The van der Waals surface area contributed by atoms with Gasteiger partial charge in [-0.05, 0) is 54.3 Å². The maximum Gasteiger partial charge on any atom is 0.184 e. The predicted molar refractivity (Wildman–Crippen MR) is 228 cm³/mol. The molecule has 1 N–H and O–H groups in total. The van der Waals surface area contributed by atoms with Gasteiger partial charge in [-0.2, -0.15) is 0 Å². The molecule has 0 bridgehead atoms. The van der Waals surface area contributed by atoms with Crippen molar-refractivity contribution in [2.24, 2.45) is 5.92 Å². The van der Waals surface area contributed by atoms with E-state index < -0.39 is 42.5 Å². The molecule has 0 spiro atoms. The summed E-state index contributed by atoms with van der Waals surface area (Å²) >= 11 is 0. The van der Waals surface area contributed by atoms with E-state index >= 15 is 0 Å². The summed E-state index contributed by atoms with van der Waals surface area (Å²) in [4.78, 5) is 39.5. The minimum absolute atomic E-state index is 0.107. The average molecular weight is 824 g/mol. The van der Waals surface area contributed by atoms with Gasteiger partial charge in [0.2, 0.25) is 0 Å². The lowest BCUT2D eigenvalue weighted by Crippen LogP contribution is -2.61. The molecule has 2 aliphatic carbocycles. The number of aromatic nitrogens is 1. The minimum atomic E-state index is -1.22. The number of fused-ring (bicyclic) bond motifs is 2. The molecule has 4 aromatic rings. The Morgan fingerprint density at radius 1 is 0.639 bits per heavy atom. The summed E-state index contributed by atoms with van der Waals surface area (Å²) in [6.07, 6.45) is -0.339. The molecular formula is C50H49NO10. The van der Waals surface area contributed by atoms with Crippen LogP contribution in [0.1, 0.15) is 53.5 Å². The molecule has 2 heterocycles. The standard InChI is InChI=1S/C34H36O6.C16H13NO4/c35-34-33(39-24-29-19-11-4-12-20-29)32(38-23-28-17-9-3-10-18-28)31(37-22-27-15-7-2-8-16-27)30(40-34)25-36-21-26-13-5-1-6-14-26;1-8(18)11-4-6-13-16(15(11)9(2)19)21-14-7-10(20)3-5-12(14)17-13/h1-20,30-35H,21-25H2;3-7,11,15H,1-2H3/t30-,31+,32+,33-,34?;/m1./s1. The molecule has 7 atom stereocenters. The van der Waals surface area contributed by atoms with Crippen LogP contribution in [-0.4, -0.2) is 59.0 Å². The number of aliphatic hydroxyl groups is 1. The van der Waals surface area contributed by atoms with E-state index in [1.807, 2.05) is 121 Å². The largest absolute Gasteiger partial charge is 0.456 e. The third kappa shape index (κ3) is 11.5. The van der Waals surface area contributed by atoms with Gasteiger partial charge in [-0.1, -0.05) is 127 Å². The van der Waals surface area contributed by atoms with Crippen LogP contribution < -0.4 is 5.43 Å². The zero-order chi connectivity index (χ0) is 42.6. The Labute approximate surface area is 354 Å². The predicted octanol–water partition coefficient (Wildman–Crippen LogP) is 7.72. The van der Waals surface area contributed by atoms with Crippen LogP contribution in [0.4, 0.5) is 0 Å². The van der Waals surface area contributed by atoms with Crippen LogP contribution in [0.15, 0.2) is 155 Å². The quantitative estimate of drug-likeness (QED) is 0.109. The van der Waals surface area contributed by atoms with Crippen molar-refractivity contribution in [3.8, 4) is 11.5 Å². The van der Waals surface area contributed by atoms with E-state index in [1.54, 1.807) is 18.2 Å². The number of rotatable bonds is 15. The lowest BCUT2D eigenvalue weighted by atomic mass is 9.80. The molecule has 0 saturated carbocycles. The second-order valence-electron chi connectivity index (χ2n) is 15.0. The molecule has 1 fully saturated rings. The highest BCUT2D eigenvalue weighted by Crippen LogP contribution is 2.37. The van der Waals surface area contributed by atoms with Crippen LogP contribution in [0.5, 0.6) is 0 Å². The van der Waals surface area contributed by atoms with E-state index in [9.17, 15) is 19.5 Å². The van der Waals surface area contributed by atoms with Crippen molar-refractivity contribution in [1.29, 1.82) is 0 Å². The van der Waals surface area contributed by atoms with E-state index in [0.717, 1.165) is 22.3 Å². The van der Waals surface area contributed by atoms with Crippen molar-refractivity contribution in [2.45, 2.75) is 76.9 Å². The summed E-state index contributed by atoms with van der Waals surface area (Å²) in [6.45, 7) is 4.52. The topological polar surface area (TPSA) is 144 Å². The van der Waals surface area contributed by atoms with E-state index in [1.165, 1.54) is 26.0 Å². The SMILES string of the molecule is CC(=O)C1C=Cc2nc3ccc(=O)cc-3oc2C1C(C)=O.OC1O[C@H](COCc2ccccc2)[C@H](OCc2ccccc2)[C@H](OCc2ccccc2)[C@H]1OCc1ccccc1. The average Bonchev–Trinajstić information content (AvgIpc) is 3.28. The molecule has 314 valence electrons. The minimum Gasteiger partial charge on any atom is -0.456 e. The van der Waals surface area contributed by atoms with Crippen LogP contribution in [-0.2, 0) is 59.7 Å². The van der Waals surface area contributed by atoms with Gasteiger partial charge < -0.3 is 33.2 Å². The molecule has 0 radical (unpaired) electrons. The van der Waals surface area contributed by atoms with Gasteiger partial charge in [0.25, 0.3) is 0 Å². The Bertz CT molecular complexity index is 2370. The Morgan fingerprint density at radius 3 is 1.67 bits per heavy atom. The summed E-state index contributed by atoms with van der Waals surface area (Å²) in [6, 6.07) is 44.0. The second-order valence-corrected chi connectivity index (χ2v) is 15.0. The van der Waals surface area contributed by atoms with Crippen molar-refractivity contribution in [2.75, 3.05) is 6.61 Å². The first-order valence-corrected chi connectivity index (χ1v) is 20.3. The highest BCUT2D eigenvalue weighted by atomic mass is 16.7. The van der Waals surface area contributed by atoms with Crippen LogP contribution in [0, 0.1) is 5.92 Å². The monoisotopic (exact) mass is 823 g/mol. The first kappa shape index (κ1) is 43.2. The molecule has 0 aromatic heterocycles. The number of carbonyl (C=O) groups is 2. The molecule has 1 saturated heterocycles. The van der Waals surface area contributed by atoms with E-state index in [4.69, 9.17) is 28.1 Å². The van der Waals surface area contributed by atoms with Gasteiger partial charge in [-0.25, -0.2) is 4.98 Å². The van der Waals surface area contributed by atoms with Crippen LogP contribution in [0.2, 0.25) is 0 Å². The highest BCUT2D eigenvalue weighted by molar-refractivity contribution is 5.94. The van der Waals surface area contributed by atoms with Crippen molar-refractivity contribution < 1.29 is 42.8 Å². The molecule has 11 nitrogen and oxygen atoms in total. The molecule has 8 rings (SSSR count). The molecular weight excluding hydrogens is 775 g/mol. The van der Waals surface area contributed by atoms with E-state index in [0.29, 0.717) is 49.3 Å². The zero-order valence-electron chi connectivity index (χ0n) is 34.1. The number of nitrogens with zero attached hydrogens (tertiary/aromatic N) is 1. The molecule has 2 aliphatic heterocycles. The van der Waals surface area contributed by atoms with E-state index in [-0.39, 0.29) is 23.6 Å². The van der Waals surface area contributed by atoms with Gasteiger partial charge in [0, 0.05) is 6.07 Å². The molecule has 61 heavy (non-hydrogen) atoms. The Kier molecular flexibility index (Phi) is 14.9. The number of aliphatic hydroxyl groups excluding tert-OH is 1. The third-order valence-corrected chi connectivity index (χ3v) is 10.5. The van der Waals surface area contributed by atoms with Gasteiger partial charge in [-0.3, -0.25) is 14.4 Å². The van der Waals surface area contributed by atoms with Gasteiger partial charge in [0.1, 0.15) is 53.1 Å². The Balaban J connectivity index is 0.000000224. The number of hydrogen-bond donors (Lipinski definition) is 1. The van der Waals surface area contributed by atoms with Crippen molar-refractivity contribution in [3.63, 3.8) is 0 Å². The molecule has 11 heteroatoms. The number of allylic oxidation sites excluding steroid dienone is 1. The van der Waals surface area contributed by atoms with Crippen molar-refractivity contribution in [1.82, 2.24) is 4.98 Å². The second kappa shape index (κ2) is 21.0. The fourth-order valence-corrected chi connectivity index (χ4v) is 7.41. The highest BCUT2D eigenvalue weighted by Gasteiger charge is 2.48. The maximum absolute atomic E-state index is 11.9. The maximum atomic E-state index is 11.9. The zero-order valence-corrected chi connectivity index (χ0v) is 34.1. The first-order valence-electron chi connectivity index (χ1n) is 20.3. The summed E-state index contributed by atoms with van der Waals surface area (Å²) in [5.74, 6) is -0.828. The summed E-state index contributed by atoms with van der Waals surface area (Å²) in [7, 11) is 0. The Hall–Kier alpha value is -5.92. The van der Waals surface area contributed by atoms with E-state index in [2.05, 4.69) is 4.98 Å². The van der Waals surface area contributed by atoms with Crippen molar-refractivity contribution in [3.05, 3.63) is 190 Å². The number of hydrogen-bond acceptors (Lipinski definition) is 11. The van der Waals surface area contributed by atoms with Gasteiger partial charge in [0.15, 0.2) is 17.5 Å². The lowest BCUT2D eigenvalue weighted by Gasteiger charge is -2.44. The molecule has 4 aromatic carbocycles. The first-order chi connectivity index (χ1) is 29.7. The van der Waals surface area contributed by atoms with Crippen LogP contribution in [0.3, 0.4) is 0 Å².